The van der Waals surface area contributed by atoms with Crippen LogP contribution in [0.1, 0.15) is 85.9 Å². The minimum Gasteiger partial charge on any atom is -0.507 e. The highest BCUT2D eigenvalue weighted by atomic mass is 19.3. The summed E-state index contributed by atoms with van der Waals surface area (Å²) in [5.74, 6) is -0.446. The Bertz CT molecular complexity index is 744. The van der Waals surface area contributed by atoms with Crippen LogP contribution in [-0.2, 0) is 6.42 Å². The van der Waals surface area contributed by atoms with E-state index in [1.54, 1.807) is 6.07 Å². The maximum absolute atomic E-state index is 11.8. The minimum absolute atomic E-state index is 0.0756. The zero-order valence-electron chi connectivity index (χ0n) is 20.6. The largest absolute Gasteiger partial charge is 0.507 e. The quantitative estimate of drug-likeness (QED) is 0.462. The minimum atomic E-state index is -2.95. The van der Waals surface area contributed by atoms with Crippen molar-refractivity contribution in [2.75, 3.05) is 0 Å². The van der Waals surface area contributed by atoms with E-state index in [2.05, 4.69) is 4.74 Å². The summed E-state index contributed by atoms with van der Waals surface area (Å²) in [7, 11) is 0. The third kappa shape index (κ3) is 12.0. The summed E-state index contributed by atoms with van der Waals surface area (Å²) in [5.41, 5.74) is 2.74. The maximum atomic E-state index is 11.8. The molecule has 2 aromatic rings. The van der Waals surface area contributed by atoms with Gasteiger partial charge in [0.05, 0.1) is 11.1 Å². The Balaban J connectivity index is -0.000000429. The van der Waals surface area contributed by atoms with Crippen LogP contribution in [-0.4, -0.2) is 29.4 Å². The monoisotopic (exact) mass is 456 g/mol. The molecule has 0 fully saturated rings. The average Bonchev–Trinajstić information content (AvgIpc) is 2.77. The van der Waals surface area contributed by atoms with E-state index in [0.29, 0.717) is 23.7 Å². The molecule has 0 saturated heterocycles. The van der Waals surface area contributed by atoms with Gasteiger partial charge < -0.3 is 14.9 Å². The first kappa shape index (κ1) is 33.7. The molecule has 2 aromatic carbocycles. The van der Waals surface area contributed by atoms with Gasteiger partial charge in [-0.2, -0.15) is 8.78 Å². The van der Waals surface area contributed by atoms with Crippen molar-refractivity contribution in [1.82, 2.24) is 0 Å². The summed E-state index contributed by atoms with van der Waals surface area (Å²) in [6, 6.07) is 5.79. The number of alkyl halides is 2. The number of aryl methyl sites for hydroxylation is 3. The molecule has 0 saturated carbocycles. The molecule has 0 atom stereocenters. The Morgan fingerprint density at radius 1 is 0.812 bits per heavy atom. The maximum Gasteiger partial charge on any atom is 0.387 e. The Morgan fingerprint density at radius 2 is 1.22 bits per heavy atom. The molecule has 0 bridgehead atoms. The summed E-state index contributed by atoms with van der Waals surface area (Å²) < 4.78 is 27.7. The highest BCUT2D eigenvalue weighted by molar-refractivity contribution is 5.82. The molecule has 2 rings (SSSR count). The lowest BCUT2D eigenvalue weighted by Crippen LogP contribution is -2.02. The lowest BCUT2D eigenvalue weighted by Gasteiger charge is -2.07. The van der Waals surface area contributed by atoms with Crippen LogP contribution in [0.5, 0.6) is 17.2 Å². The molecule has 0 spiro atoms. The van der Waals surface area contributed by atoms with E-state index in [1.807, 2.05) is 61.5 Å². The second-order valence-corrected chi connectivity index (χ2v) is 5.49. The lowest BCUT2D eigenvalue weighted by molar-refractivity contribution is -0.0499. The normalized spacial score (nSPS) is 8.75. The SMILES string of the molecule is CC.CC.CC.CCc1cc(C)c(C=O)c(O)c1.Cc1cc(OC(F)F)cc(O)c1C=O. The van der Waals surface area contributed by atoms with Crippen LogP contribution in [0.4, 0.5) is 8.78 Å². The van der Waals surface area contributed by atoms with Gasteiger partial charge in [0.2, 0.25) is 0 Å². The van der Waals surface area contributed by atoms with Gasteiger partial charge in [-0.15, -0.1) is 0 Å². The van der Waals surface area contributed by atoms with E-state index in [1.165, 1.54) is 13.0 Å². The molecule has 0 heterocycles. The van der Waals surface area contributed by atoms with Gasteiger partial charge in [0.1, 0.15) is 17.2 Å². The second kappa shape index (κ2) is 20.0. The van der Waals surface area contributed by atoms with Gasteiger partial charge in [-0.1, -0.05) is 54.5 Å². The summed E-state index contributed by atoms with van der Waals surface area (Å²) in [5, 5.41) is 18.6. The molecular formula is C25H38F2O5. The standard InChI is InChI=1S/C10H12O2.C9H8F2O3.3C2H6/c1-3-8-4-7(2)9(6-11)10(12)5-8;1-5-2-6(14-9(10)11)3-8(13)7(5)4-12;3*1-2/h4-6,12H,3H2,1-2H3;2-4,9,13H,1H3;3*1-2H3. The molecule has 2 N–H and O–H groups in total. The smallest absolute Gasteiger partial charge is 0.387 e. The third-order valence-corrected chi connectivity index (χ3v) is 3.63. The average molecular weight is 457 g/mol. The molecular weight excluding hydrogens is 418 g/mol. The zero-order valence-corrected chi connectivity index (χ0v) is 20.6. The molecule has 0 aliphatic heterocycles. The van der Waals surface area contributed by atoms with Crippen LogP contribution < -0.4 is 4.74 Å². The fourth-order valence-corrected chi connectivity index (χ4v) is 2.28. The number of ether oxygens (including phenoxy) is 1. The van der Waals surface area contributed by atoms with Gasteiger partial charge in [-0.25, -0.2) is 0 Å². The molecule has 182 valence electrons. The number of aromatic hydroxyl groups is 2. The fourth-order valence-electron chi connectivity index (χ4n) is 2.28. The molecule has 0 aliphatic carbocycles. The van der Waals surface area contributed by atoms with E-state index < -0.39 is 6.61 Å². The van der Waals surface area contributed by atoms with Crippen LogP contribution in [0.3, 0.4) is 0 Å². The van der Waals surface area contributed by atoms with E-state index in [9.17, 15) is 28.6 Å². The number of carbonyl (C=O) groups is 2. The number of benzene rings is 2. The van der Waals surface area contributed by atoms with Gasteiger partial charge in [-0.05, 0) is 49.1 Å². The van der Waals surface area contributed by atoms with Crippen molar-refractivity contribution >= 4 is 12.6 Å². The zero-order chi connectivity index (χ0) is 25.9. The first-order valence-corrected chi connectivity index (χ1v) is 10.7. The summed E-state index contributed by atoms with van der Waals surface area (Å²) in [6.07, 6.45) is 2.01. The molecule has 0 unspecified atom stereocenters. The molecule has 7 heteroatoms. The number of carbonyl (C=O) groups excluding carboxylic acids is 2. The van der Waals surface area contributed by atoms with Crippen LogP contribution in [0.25, 0.3) is 0 Å². The third-order valence-electron chi connectivity index (χ3n) is 3.63. The van der Waals surface area contributed by atoms with Crippen LogP contribution >= 0.6 is 0 Å². The molecule has 32 heavy (non-hydrogen) atoms. The summed E-state index contributed by atoms with van der Waals surface area (Å²) >= 11 is 0. The Kier molecular flexibility index (Phi) is 21.0. The van der Waals surface area contributed by atoms with Crippen molar-refractivity contribution in [1.29, 1.82) is 0 Å². The lowest BCUT2D eigenvalue weighted by atomic mass is 10.0. The van der Waals surface area contributed by atoms with Crippen LogP contribution in [0.15, 0.2) is 24.3 Å². The summed E-state index contributed by atoms with van der Waals surface area (Å²) in [6.45, 7) is 14.4. The Morgan fingerprint density at radius 3 is 1.53 bits per heavy atom. The van der Waals surface area contributed by atoms with Crippen molar-refractivity contribution in [3.05, 3.63) is 52.1 Å². The van der Waals surface area contributed by atoms with E-state index in [-0.39, 0.29) is 22.8 Å². The number of phenolic OH excluding ortho intramolecular Hbond substituents is 2. The highest BCUT2D eigenvalue weighted by Crippen LogP contribution is 2.27. The predicted molar refractivity (Wildman–Crippen MR) is 127 cm³/mol. The van der Waals surface area contributed by atoms with Gasteiger partial charge in [-0.3, -0.25) is 9.59 Å². The predicted octanol–water partition coefficient (Wildman–Crippen LogP) is 7.27. The number of rotatable bonds is 5. The van der Waals surface area contributed by atoms with Crippen molar-refractivity contribution in [3.63, 3.8) is 0 Å². The molecule has 0 aromatic heterocycles. The van der Waals surface area contributed by atoms with Crippen molar-refractivity contribution in [2.24, 2.45) is 0 Å². The molecule has 5 nitrogen and oxygen atoms in total. The van der Waals surface area contributed by atoms with E-state index in [0.717, 1.165) is 23.6 Å². The number of phenols is 2. The van der Waals surface area contributed by atoms with Crippen molar-refractivity contribution in [2.45, 2.75) is 75.3 Å². The highest BCUT2D eigenvalue weighted by Gasteiger charge is 2.10. The molecule has 0 aliphatic rings. The Labute approximate surface area is 191 Å². The van der Waals surface area contributed by atoms with Gasteiger partial charge in [0.25, 0.3) is 0 Å². The molecule has 0 amide bonds. The number of hydrogen-bond donors (Lipinski definition) is 2. The molecule has 0 radical (unpaired) electrons. The van der Waals surface area contributed by atoms with Crippen molar-refractivity contribution in [3.8, 4) is 17.2 Å². The number of aldehydes is 2. The number of halogens is 2. The summed E-state index contributed by atoms with van der Waals surface area (Å²) in [4.78, 5) is 20.9. The van der Waals surface area contributed by atoms with Gasteiger partial charge in [0.15, 0.2) is 12.6 Å². The second-order valence-electron chi connectivity index (χ2n) is 5.49. The Hall–Kier alpha value is -2.96. The van der Waals surface area contributed by atoms with Crippen LogP contribution in [0, 0.1) is 13.8 Å². The number of hydrogen-bond acceptors (Lipinski definition) is 5. The topological polar surface area (TPSA) is 83.8 Å². The van der Waals surface area contributed by atoms with E-state index in [4.69, 9.17) is 0 Å². The van der Waals surface area contributed by atoms with Crippen LogP contribution in [0.2, 0.25) is 0 Å². The van der Waals surface area contributed by atoms with Crippen molar-refractivity contribution < 1.29 is 33.3 Å². The van der Waals surface area contributed by atoms with Gasteiger partial charge in [0, 0.05) is 6.07 Å². The van der Waals surface area contributed by atoms with Gasteiger partial charge >= 0.3 is 6.61 Å². The van der Waals surface area contributed by atoms with E-state index >= 15 is 0 Å². The first-order valence-electron chi connectivity index (χ1n) is 10.7. The fraction of sp³-hybridized carbons (Fsp3) is 0.440. The first-order chi connectivity index (χ1) is 15.2.